The van der Waals surface area contributed by atoms with Crippen molar-refractivity contribution in [2.75, 3.05) is 7.11 Å². The van der Waals surface area contributed by atoms with Crippen molar-refractivity contribution in [3.63, 3.8) is 0 Å². The van der Waals surface area contributed by atoms with Crippen molar-refractivity contribution in [2.45, 2.75) is 51.0 Å². The molecular weight excluding hydrogens is 354 g/mol. The monoisotopic (exact) mass is 383 g/mol. The number of carbonyl (C=O) groups is 1. The molecule has 1 amide bonds. The highest BCUT2D eigenvalue weighted by Gasteiger charge is 2.29. The third-order valence-corrected chi connectivity index (χ3v) is 5.95. The highest BCUT2D eigenvalue weighted by molar-refractivity contribution is 5.94. The quantitative estimate of drug-likeness (QED) is 0.831. The van der Waals surface area contributed by atoms with E-state index in [1.54, 1.807) is 36.1 Å². The Labute approximate surface area is 165 Å². The third kappa shape index (κ3) is 4.43. The number of hydrogen-bond acceptors (Lipinski definition) is 4. The van der Waals surface area contributed by atoms with E-state index in [9.17, 15) is 9.59 Å². The zero-order valence-electron chi connectivity index (χ0n) is 16.9. The molecule has 0 saturated heterocycles. The lowest BCUT2D eigenvalue weighted by atomic mass is 9.76. The second-order valence-electron chi connectivity index (χ2n) is 7.54. The second-order valence-corrected chi connectivity index (χ2v) is 7.54. The molecule has 6 heteroatoms. The molecule has 1 saturated carbocycles. The van der Waals surface area contributed by atoms with E-state index in [0.29, 0.717) is 23.3 Å². The first kappa shape index (κ1) is 20.1. The summed E-state index contributed by atoms with van der Waals surface area (Å²) in [4.78, 5) is 28.6. The van der Waals surface area contributed by atoms with Gasteiger partial charge in [-0.3, -0.25) is 9.59 Å². The lowest BCUT2D eigenvalue weighted by Crippen LogP contribution is -2.41. The predicted molar refractivity (Wildman–Crippen MR) is 109 cm³/mol. The standard InChI is InChI=1S/C22H29N3O3/c1-4-18(24-22(27)17-12-13-20(28-3)23-14-17)15-8-10-16(11-9-15)19-6-5-7-21(26)25(19)2/h5-7,12-16,18H,4,8-11H2,1-3H3,(H,24,27)/t15?,16?,18-/m1/s1. The summed E-state index contributed by atoms with van der Waals surface area (Å²) >= 11 is 0. The van der Waals surface area contributed by atoms with Crippen LogP contribution in [0.15, 0.2) is 41.3 Å². The van der Waals surface area contributed by atoms with E-state index in [4.69, 9.17) is 4.74 Å². The largest absolute Gasteiger partial charge is 0.481 e. The van der Waals surface area contributed by atoms with Gasteiger partial charge < -0.3 is 14.6 Å². The predicted octanol–water partition coefficient (Wildman–Crippen LogP) is 3.27. The van der Waals surface area contributed by atoms with Gasteiger partial charge in [0.2, 0.25) is 11.4 Å². The van der Waals surface area contributed by atoms with Gasteiger partial charge in [0.1, 0.15) is 0 Å². The first-order valence-corrected chi connectivity index (χ1v) is 10.00. The number of hydrogen-bond donors (Lipinski definition) is 1. The van der Waals surface area contributed by atoms with Crippen LogP contribution in [0.1, 0.15) is 61.0 Å². The number of carbonyl (C=O) groups excluding carboxylic acids is 1. The molecule has 6 nitrogen and oxygen atoms in total. The number of methoxy groups -OCH3 is 1. The molecule has 28 heavy (non-hydrogen) atoms. The van der Waals surface area contributed by atoms with Crippen LogP contribution in [0.2, 0.25) is 0 Å². The van der Waals surface area contributed by atoms with Crippen molar-refractivity contribution in [3.05, 3.63) is 58.1 Å². The highest BCUT2D eigenvalue weighted by Crippen LogP contribution is 2.37. The van der Waals surface area contributed by atoms with Crippen molar-refractivity contribution >= 4 is 5.91 Å². The molecule has 0 bridgehead atoms. The Bertz CT molecular complexity index is 852. The van der Waals surface area contributed by atoms with Crippen molar-refractivity contribution < 1.29 is 9.53 Å². The molecule has 1 aliphatic carbocycles. The first-order chi connectivity index (χ1) is 13.5. The van der Waals surface area contributed by atoms with E-state index in [1.165, 1.54) is 0 Å². The minimum Gasteiger partial charge on any atom is -0.481 e. The minimum atomic E-state index is -0.0883. The van der Waals surface area contributed by atoms with E-state index >= 15 is 0 Å². The summed E-state index contributed by atoms with van der Waals surface area (Å²) < 4.78 is 6.81. The minimum absolute atomic E-state index is 0.0476. The van der Waals surface area contributed by atoms with E-state index in [-0.39, 0.29) is 17.5 Å². The third-order valence-electron chi connectivity index (χ3n) is 5.95. The van der Waals surface area contributed by atoms with Crippen LogP contribution in [0.25, 0.3) is 0 Å². The van der Waals surface area contributed by atoms with E-state index < -0.39 is 0 Å². The van der Waals surface area contributed by atoms with Crippen molar-refractivity contribution in [1.29, 1.82) is 0 Å². The molecule has 0 aliphatic heterocycles. The summed E-state index contributed by atoms with van der Waals surface area (Å²) in [5.41, 5.74) is 1.71. The van der Waals surface area contributed by atoms with Crippen molar-refractivity contribution in [3.8, 4) is 5.88 Å². The number of ether oxygens (including phenoxy) is 1. The van der Waals surface area contributed by atoms with Gasteiger partial charge >= 0.3 is 0 Å². The summed E-state index contributed by atoms with van der Waals surface area (Å²) in [6, 6.07) is 9.09. The van der Waals surface area contributed by atoms with Gasteiger partial charge in [-0.25, -0.2) is 4.98 Å². The molecule has 0 unspecified atom stereocenters. The number of rotatable bonds is 6. The van der Waals surface area contributed by atoms with Gasteiger partial charge in [0.25, 0.3) is 5.91 Å². The molecule has 0 spiro atoms. The second kappa shape index (κ2) is 9.04. The Balaban J connectivity index is 1.60. The summed E-state index contributed by atoms with van der Waals surface area (Å²) in [5, 5.41) is 3.19. The van der Waals surface area contributed by atoms with Crippen LogP contribution in [0.4, 0.5) is 0 Å². The van der Waals surface area contributed by atoms with Crippen LogP contribution in [0.3, 0.4) is 0 Å². The molecule has 0 radical (unpaired) electrons. The SMILES string of the molecule is CC[C@@H](NC(=O)c1ccc(OC)nc1)C1CCC(c2cccc(=O)n2C)CC1. The molecule has 2 aromatic heterocycles. The maximum atomic E-state index is 12.6. The average molecular weight is 383 g/mol. The van der Waals surface area contributed by atoms with Crippen molar-refractivity contribution in [1.82, 2.24) is 14.9 Å². The van der Waals surface area contributed by atoms with Crippen LogP contribution in [-0.2, 0) is 7.05 Å². The van der Waals surface area contributed by atoms with Gasteiger partial charge in [-0.05, 0) is 56.1 Å². The Morgan fingerprint density at radius 2 is 2.00 bits per heavy atom. The molecule has 1 N–H and O–H groups in total. The summed E-state index contributed by atoms with van der Waals surface area (Å²) in [7, 11) is 3.40. The Kier molecular flexibility index (Phi) is 6.49. The molecular formula is C22H29N3O3. The van der Waals surface area contributed by atoms with Gasteiger partial charge in [-0.1, -0.05) is 13.0 Å². The molecule has 150 valence electrons. The van der Waals surface area contributed by atoms with Crippen LogP contribution in [0.5, 0.6) is 5.88 Å². The van der Waals surface area contributed by atoms with Gasteiger partial charge in [-0.15, -0.1) is 0 Å². The first-order valence-electron chi connectivity index (χ1n) is 10.00. The molecule has 1 fully saturated rings. The fraction of sp³-hybridized carbons (Fsp3) is 0.500. The fourth-order valence-corrected chi connectivity index (χ4v) is 4.25. The summed E-state index contributed by atoms with van der Waals surface area (Å²) in [5.74, 6) is 1.28. The number of pyridine rings is 2. The van der Waals surface area contributed by atoms with Crippen molar-refractivity contribution in [2.24, 2.45) is 13.0 Å². The number of amides is 1. The average Bonchev–Trinajstić information content (AvgIpc) is 2.74. The normalized spacial score (nSPS) is 20.4. The molecule has 0 aromatic carbocycles. The maximum absolute atomic E-state index is 12.6. The lowest BCUT2D eigenvalue weighted by Gasteiger charge is -2.34. The van der Waals surface area contributed by atoms with E-state index in [2.05, 4.69) is 23.3 Å². The van der Waals surface area contributed by atoms with Gasteiger partial charge in [0.05, 0.1) is 12.7 Å². The number of nitrogens with zero attached hydrogens (tertiary/aromatic N) is 2. The van der Waals surface area contributed by atoms with E-state index in [1.807, 2.05) is 13.1 Å². The molecule has 3 rings (SSSR count). The Morgan fingerprint density at radius 3 is 2.61 bits per heavy atom. The topological polar surface area (TPSA) is 73.2 Å². The van der Waals surface area contributed by atoms with Crippen LogP contribution >= 0.6 is 0 Å². The van der Waals surface area contributed by atoms with Gasteiger partial charge in [-0.2, -0.15) is 0 Å². The lowest BCUT2D eigenvalue weighted by molar-refractivity contribution is 0.0908. The highest BCUT2D eigenvalue weighted by atomic mass is 16.5. The zero-order chi connectivity index (χ0) is 20.1. The number of nitrogens with one attached hydrogen (secondary N) is 1. The maximum Gasteiger partial charge on any atom is 0.253 e. The van der Waals surface area contributed by atoms with Crippen LogP contribution in [0, 0.1) is 5.92 Å². The Morgan fingerprint density at radius 1 is 1.25 bits per heavy atom. The van der Waals surface area contributed by atoms with Gasteiger partial charge in [0.15, 0.2) is 0 Å². The van der Waals surface area contributed by atoms with E-state index in [0.717, 1.165) is 37.8 Å². The Hall–Kier alpha value is -2.63. The molecule has 2 heterocycles. The molecule has 2 aromatic rings. The summed E-state index contributed by atoms with van der Waals surface area (Å²) in [6.45, 7) is 2.12. The van der Waals surface area contributed by atoms with Crippen LogP contribution < -0.4 is 15.6 Å². The zero-order valence-corrected chi connectivity index (χ0v) is 16.9. The van der Waals surface area contributed by atoms with Crippen LogP contribution in [-0.4, -0.2) is 28.6 Å². The van der Waals surface area contributed by atoms with Gasteiger partial charge in [0, 0.05) is 37.1 Å². The molecule has 1 aliphatic rings. The fourth-order valence-electron chi connectivity index (χ4n) is 4.25. The number of aromatic nitrogens is 2. The molecule has 1 atom stereocenters. The summed E-state index contributed by atoms with van der Waals surface area (Å²) in [6.07, 6.45) is 6.62. The smallest absolute Gasteiger partial charge is 0.253 e.